The molecule has 0 aliphatic carbocycles. The Labute approximate surface area is 134 Å². The van der Waals surface area contributed by atoms with Gasteiger partial charge in [0, 0.05) is 24.3 Å². The largest absolute Gasteiger partial charge is 0.496 e. The summed E-state index contributed by atoms with van der Waals surface area (Å²) in [5.74, 6) is 4.44. The molecule has 1 aromatic carbocycles. The number of rotatable bonds is 5. The zero-order chi connectivity index (χ0) is 15.4. The molecule has 5 nitrogen and oxygen atoms in total. The molecule has 0 spiro atoms. The number of aryl methyl sites for hydroxylation is 1. The Morgan fingerprint density at radius 1 is 1.41 bits per heavy atom. The van der Waals surface area contributed by atoms with E-state index in [4.69, 9.17) is 9.26 Å². The van der Waals surface area contributed by atoms with E-state index in [1.807, 2.05) is 36.9 Å². The van der Waals surface area contributed by atoms with Crippen LogP contribution in [0.2, 0.25) is 0 Å². The maximum absolute atomic E-state index is 5.51. The molecule has 1 aromatic heterocycles. The lowest BCUT2D eigenvalue weighted by atomic mass is 10.0. The fourth-order valence-corrected chi connectivity index (χ4v) is 3.83. The first-order valence-corrected chi connectivity index (χ1v) is 8.70. The molecule has 2 unspecified atom stereocenters. The molecule has 2 aromatic rings. The van der Waals surface area contributed by atoms with Crippen molar-refractivity contribution in [3.8, 4) is 5.75 Å². The molecule has 1 aliphatic heterocycles. The van der Waals surface area contributed by atoms with E-state index >= 15 is 0 Å². The van der Waals surface area contributed by atoms with Crippen molar-refractivity contribution in [2.75, 3.05) is 18.6 Å². The van der Waals surface area contributed by atoms with Crippen molar-refractivity contribution >= 4 is 11.8 Å². The van der Waals surface area contributed by atoms with E-state index < -0.39 is 0 Å². The predicted molar refractivity (Wildman–Crippen MR) is 87.4 cm³/mol. The fraction of sp³-hybridized carbons (Fsp3) is 0.500. The highest BCUT2D eigenvalue weighted by molar-refractivity contribution is 7.99. The number of benzene rings is 1. The third kappa shape index (κ3) is 3.44. The lowest BCUT2D eigenvalue weighted by molar-refractivity contribution is 0.369. The van der Waals surface area contributed by atoms with Gasteiger partial charge in [-0.2, -0.15) is 16.7 Å². The van der Waals surface area contributed by atoms with Crippen LogP contribution in [-0.4, -0.2) is 34.8 Å². The first-order valence-electron chi connectivity index (χ1n) is 7.55. The van der Waals surface area contributed by atoms with Crippen LogP contribution in [0.4, 0.5) is 0 Å². The van der Waals surface area contributed by atoms with E-state index in [0.29, 0.717) is 17.8 Å². The third-order valence-corrected chi connectivity index (χ3v) is 5.03. The minimum Gasteiger partial charge on any atom is -0.496 e. The Morgan fingerprint density at radius 2 is 2.27 bits per heavy atom. The van der Waals surface area contributed by atoms with Crippen molar-refractivity contribution in [1.29, 1.82) is 0 Å². The van der Waals surface area contributed by atoms with Gasteiger partial charge in [-0.25, -0.2) is 0 Å². The molecule has 6 heteroatoms. The summed E-state index contributed by atoms with van der Waals surface area (Å²) in [4.78, 5) is 4.43. The summed E-state index contributed by atoms with van der Waals surface area (Å²) < 4.78 is 10.7. The average molecular weight is 319 g/mol. The molecule has 0 saturated carbocycles. The van der Waals surface area contributed by atoms with Gasteiger partial charge in [-0.05, 0) is 24.7 Å². The van der Waals surface area contributed by atoms with Gasteiger partial charge in [-0.3, -0.25) is 5.32 Å². The van der Waals surface area contributed by atoms with Gasteiger partial charge in [0.15, 0.2) is 5.82 Å². The highest BCUT2D eigenvalue weighted by Gasteiger charge is 2.26. The number of ether oxygens (including phenoxy) is 1. The van der Waals surface area contributed by atoms with Crippen LogP contribution in [0.15, 0.2) is 28.8 Å². The minimum atomic E-state index is -0.114. The van der Waals surface area contributed by atoms with Crippen molar-refractivity contribution in [3.05, 3.63) is 41.5 Å². The second-order valence-corrected chi connectivity index (χ2v) is 6.58. The minimum absolute atomic E-state index is 0.114. The van der Waals surface area contributed by atoms with Gasteiger partial charge < -0.3 is 9.26 Å². The van der Waals surface area contributed by atoms with E-state index in [2.05, 4.69) is 21.5 Å². The van der Waals surface area contributed by atoms with Crippen molar-refractivity contribution < 1.29 is 9.26 Å². The number of thioether (sulfide) groups is 1. The summed E-state index contributed by atoms with van der Waals surface area (Å²) >= 11 is 1.99. The normalized spacial score (nSPS) is 19.8. The van der Waals surface area contributed by atoms with E-state index in [9.17, 15) is 0 Å². The second-order valence-electron chi connectivity index (χ2n) is 5.43. The van der Waals surface area contributed by atoms with Crippen LogP contribution >= 0.6 is 11.8 Å². The molecule has 0 radical (unpaired) electrons. The Hall–Kier alpha value is -1.53. The van der Waals surface area contributed by atoms with Gasteiger partial charge in [0.05, 0.1) is 7.11 Å². The SMILES string of the molecule is COc1ccccc1C(NC1CCCSC1)c1noc(C)n1. The van der Waals surface area contributed by atoms with Crippen molar-refractivity contribution in [2.45, 2.75) is 31.8 Å². The van der Waals surface area contributed by atoms with Gasteiger partial charge in [0.25, 0.3) is 0 Å². The lowest BCUT2D eigenvalue weighted by Gasteiger charge is -2.27. The number of nitrogens with zero attached hydrogens (tertiary/aromatic N) is 2. The van der Waals surface area contributed by atoms with Gasteiger partial charge >= 0.3 is 0 Å². The van der Waals surface area contributed by atoms with Crippen LogP contribution in [0.1, 0.15) is 36.2 Å². The molecule has 0 amide bonds. The number of hydrogen-bond donors (Lipinski definition) is 1. The highest BCUT2D eigenvalue weighted by Crippen LogP contribution is 2.30. The van der Waals surface area contributed by atoms with E-state index in [1.165, 1.54) is 18.6 Å². The third-order valence-electron chi connectivity index (χ3n) is 3.81. The first-order chi connectivity index (χ1) is 10.8. The van der Waals surface area contributed by atoms with Crippen molar-refractivity contribution in [3.63, 3.8) is 0 Å². The molecule has 1 N–H and O–H groups in total. The van der Waals surface area contributed by atoms with Gasteiger partial charge in [-0.1, -0.05) is 23.4 Å². The smallest absolute Gasteiger partial charge is 0.223 e. The van der Waals surface area contributed by atoms with Crippen LogP contribution in [0.25, 0.3) is 0 Å². The predicted octanol–water partition coefficient (Wildman–Crippen LogP) is 2.96. The summed E-state index contributed by atoms with van der Waals surface area (Å²) in [7, 11) is 1.69. The summed E-state index contributed by atoms with van der Waals surface area (Å²) in [5.41, 5.74) is 1.04. The van der Waals surface area contributed by atoms with Crippen LogP contribution in [0.5, 0.6) is 5.75 Å². The number of para-hydroxylation sites is 1. The zero-order valence-corrected chi connectivity index (χ0v) is 13.7. The van der Waals surface area contributed by atoms with Crippen LogP contribution in [0.3, 0.4) is 0 Å². The average Bonchev–Trinajstić information content (AvgIpc) is 3.00. The standard InChI is InChI=1S/C16H21N3O2S/c1-11-17-16(19-21-11)15(18-12-6-5-9-22-10-12)13-7-3-4-8-14(13)20-2/h3-4,7-8,12,15,18H,5-6,9-10H2,1-2H3. The lowest BCUT2D eigenvalue weighted by Crippen LogP contribution is -2.37. The molecule has 1 aliphatic rings. The number of aromatic nitrogens is 2. The second kappa shape index (κ2) is 7.15. The van der Waals surface area contributed by atoms with Crippen LogP contribution in [0, 0.1) is 6.92 Å². The Kier molecular flexibility index (Phi) is 5.00. The molecule has 0 bridgehead atoms. The maximum Gasteiger partial charge on any atom is 0.223 e. The van der Waals surface area contributed by atoms with Gasteiger partial charge in [0.1, 0.15) is 11.8 Å². The Morgan fingerprint density at radius 3 is 2.95 bits per heavy atom. The van der Waals surface area contributed by atoms with E-state index in [-0.39, 0.29) is 6.04 Å². The first kappa shape index (κ1) is 15.4. The van der Waals surface area contributed by atoms with Crippen LogP contribution < -0.4 is 10.1 Å². The monoisotopic (exact) mass is 319 g/mol. The number of nitrogens with one attached hydrogen (secondary N) is 1. The fourth-order valence-electron chi connectivity index (χ4n) is 2.75. The van der Waals surface area contributed by atoms with E-state index in [0.717, 1.165) is 17.1 Å². The maximum atomic E-state index is 5.51. The van der Waals surface area contributed by atoms with Crippen LogP contribution in [-0.2, 0) is 0 Å². The summed E-state index contributed by atoms with van der Waals surface area (Å²) in [6, 6.07) is 8.33. The number of hydrogen-bond acceptors (Lipinski definition) is 6. The Bertz CT molecular complexity index is 611. The van der Waals surface area contributed by atoms with Gasteiger partial charge in [0.2, 0.25) is 5.89 Å². The molecule has 1 saturated heterocycles. The topological polar surface area (TPSA) is 60.2 Å². The molecular weight excluding hydrogens is 298 g/mol. The summed E-state index contributed by atoms with van der Waals surface area (Å²) in [6.45, 7) is 1.81. The molecule has 118 valence electrons. The van der Waals surface area contributed by atoms with E-state index in [1.54, 1.807) is 7.11 Å². The van der Waals surface area contributed by atoms with Gasteiger partial charge in [-0.15, -0.1) is 0 Å². The molecule has 22 heavy (non-hydrogen) atoms. The molecule has 2 atom stereocenters. The van der Waals surface area contributed by atoms with Crippen molar-refractivity contribution in [2.24, 2.45) is 0 Å². The summed E-state index contributed by atoms with van der Waals surface area (Å²) in [5, 5.41) is 7.81. The molecular formula is C16H21N3O2S. The molecule has 1 fully saturated rings. The highest BCUT2D eigenvalue weighted by atomic mass is 32.2. The quantitative estimate of drug-likeness (QED) is 0.914. The number of methoxy groups -OCH3 is 1. The Balaban J connectivity index is 1.91. The van der Waals surface area contributed by atoms with Crippen molar-refractivity contribution in [1.82, 2.24) is 15.5 Å². The zero-order valence-electron chi connectivity index (χ0n) is 12.9. The summed E-state index contributed by atoms with van der Waals surface area (Å²) in [6.07, 6.45) is 2.42. The molecule has 2 heterocycles. The molecule has 3 rings (SSSR count).